The van der Waals surface area contributed by atoms with Crippen molar-refractivity contribution >= 4 is 23.4 Å². The van der Waals surface area contributed by atoms with Gasteiger partial charge in [-0.25, -0.2) is 0 Å². The summed E-state index contributed by atoms with van der Waals surface area (Å²) in [5, 5.41) is 15.4. The summed E-state index contributed by atoms with van der Waals surface area (Å²) in [5.74, 6) is 0.129. The summed E-state index contributed by atoms with van der Waals surface area (Å²) in [4.78, 5) is 12.5. The summed E-state index contributed by atoms with van der Waals surface area (Å²) in [5.41, 5.74) is 2.48. The van der Waals surface area contributed by atoms with Gasteiger partial charge < -0.3 is 20.5 Å². The lowest BCUT2D eigenvalue weighted by atomic mass is 10.0. The molecular formula is C20H19F3N2O3. The smallest absolute Gasteiger partial charge is 0.409 e. The van der Waals surface area contributed by atoms with E-state index in [1.807, 2.05) is 0 Å². The predicted octanol–water partition coefficient (Wildman–Crippen LogP) is 3.99. The van der Waals surface area contributed by atoms with Crippen LogP contribution in [0.15, 0.2) is 42.5 Å². The van der Waals surface area contributed by atoms with E-state index in [-0.39, 0.29) is 18.6 Å². The van der Waals surface area contributed by atoms with Gasteiger partial charge in [-0.15, -0.1) is 0 Å². The third-order valence-electron chi connectivity index (χ3n) is 4.16. The number of ether oxygens (including phenoxy) is 1. The molecule has 0 bridgehead atoms. The van der Waals surface area contributed by atoms with Gasteiger partial charge >= 0.3 is 6.18 Å². The van der Waals surface area contributed by atoms with E-state index >= 15 is 0 Å². The molecule has 1 atom stereocenters. The molecule has 148 valence electrons. The highest BCUT2D eigenvalue weighted by atomic mass is 19.4. The van der Waals surface area contributed by atoms with E-state index in [9.17, 15) is 23.1 Å². The molecule has 0 spiro atoms. The zero-order valence-corrected chi connectivity index (χ0v) is 15.0. The highest BCUT2D eigenvalue weighted by Gasteiger charge is 2.22. The molecule has 0 saturated carbocycles. The second-order valence-electron chi connectivity index (χ2n) is 6.46. The van der Waals surface area contributed by atoms with Crippen molar-refractivity contribution in [3.05, 3.63) is 59.2 Å². The Kier molecular flexibility index (Phi) is 5.60. The number of halogens is 3. The Hall–Kier alpha value is -3.00. The number of alkyl halides is 3. The fourth-order valence-electron chi connectivity index (χ4n) is 2.77. The first-order valence-electron chi connectivity index (χ1n) is 8.58. The molecule has 1 heterocycles. The normalized spacial score (nSPS) is 16.7. The first-order valence-corrected chi connectivity index (χ1v) is 8.58. The Morgan fingerprint density at radius 3 is 2.79 bits per heavy atom. The lowest BCUT2D eigenvalue weighted by Crippen LogP contribution is -2.23. The molecule has 1 amide bonds. The standard InChI is InChI=1S/C20H19F3N2O3/c1-12-8-13(6-7-20(21,22)23)2-4-16(12)19(27)25-14-3-5-17-18(9-14)28-11-15(26)10-24-17/h2-9,15,24,26H,10-11H2,1H3,(H,25,27)/b7-6+. The van der Waals surface area contributed by atoms with Gasteiger partial charge in [-0.3, -0.25) is 4.79 Å². The summed E-state index contributed by atoms with van der Waals surface area (Å²) in [6, 6.07) is 9.53. The first-order chi connectivity index (χ1) is 13.2. The summed E-state index contributed by atoms with van der Waals surface area (Å²) >= 11 is 0. The topological polar surface area (TPSA) is 70.6 Å². The minimum atomic E-state index is -4.39. The zero-order valence-electron chi connectivity index (χ0n) is 15.0. The summed E-state index contributed by atoms with van der Waals surface area (Å²) < 4.78 is 42.4. The second-order valence-corrected chi connectivity index (χ2v) is 6.46. The molecule has 2 aromatic rings. The number of aliphatic hydroxyl groups is 1. The number of hydrogen-bond acceptors (Lipinski definition) is 4. The van der Waals surface area contributed by atoms with E-state index in [1.165, 1.54) is 18.2 Å². The molecule has 8 heteroatoms. The summed E-state index contributed by atoms with van der Waals surface area (Å²) in [6.07, 6.45) is -3.90. The molecule has 0 aliphatic carbocycles. The van der Waals surface area contributed by atoms with Crippen LogP contribution >= 0.6 is 0 Å². The Balaban J connectivity index is 1.74. The quantitative estimate of drug-likeness (QED) is 0.739. The number of carbonyl (C=O) groups is 1. The van der Waals surface area contributed by atoms with Crippen molar-refractivity contribution in [2.45, 2.75) is 19.2 Å². The number of anilines is 2. The maximum atomic E-state index is 12.5. The van der Waals surface area contributed by atoms with Crippen LogP contribution in [0.3, 0.4) is 0 Å². The van der Waals surface area contributed by atoms with Crippen molar-refractivity contribution in [3.8, 4) is 5.75 Å². The van der Waals surface area contributed by atoms with E-state index in [2.05, 4.69) is 10.6 Å². The Morgan fingerprint density at radius 1 is 1.29 bits per heavy atom. The number of hydrogen-bond donors (Lipinski definition) is 3. The Morgan fingerprint density at radius 2 is 2.07 bits per heavy atom. The molecule has 0 saturated heterocycles. The van der Waals surface area contributed by atoms with E-state index in [1.54, 1.807) is 25.1 Å². The van der Waals surface area contributed by atoms with Crippen molar-refractivity contribution in [2.75, 3.05) is 23.8 Å². The van der Waals surface area contributed by atoms with Crippen molar-refractivity contribution in [1.29, 1.82) is 0 Å². The Labute approximate surface area is 159 Å². The van der Waals surface area contributed by atoms with Gasteiger partial charge in [0, 0.05) is 29.9 Å². The van der Waals surface area contributed by atoms with Crippen molar-refractivity contribution in [3.63, 3.8) is 0 Å². The fourth-order valence-corrected chi connectivity index (χ4v) is 2.77. The second kappa shape index (κ2) is 7.93. The lowest BCUT2D eigenvalue weighted by molar-refractivity contribution is -0.0790. The molecule has 0 aromatic heterocycles. The van der Waals surface area contributed by atoms with Crippen molar-refractivity contribution in [2.24, 2.45) is 0 Å². The van der Waals surface area contributed by atoms with Crippen LogP contribution < -0.4 is 15.4 Å². The van der Waals surface area contributed by atoms with Crippen LogP contribution in [0.1, 0.15) is 21.5 Å². The molecule has 28 heavy (non-hydrogen) atoms. The number of aryl methyl sites for hydroxylation is 1. The number of allylic oxidation sites excluding steroid dienone is 1. The highest BCUT2D eigenvalue weighted by Crippen LogP contribution is 2.30. The molecule has 1 aliphatic rings. The molecule has 2 aromatic carbocycles. The van der Waals surface area contributed by atoms with Gasteiger partial charge in [0.05, 0.1) is 5.69 Å². The molecule has 1 aliphatic heterocycles. The van der Waals surface area contributed by atoms with Gasteiger partial charge in [0.2, 0.25) is 0 Å². The fraction of sp³-hybridized carbons (Fsp3) is 0.250. The van der Waals surface area contributed by atoms with Gasteiger partial charge in [0.1, 0.15) is 18.5 Å². The molecule has 3 rings (SSSR count). The molecule has 0 fully saturated rings. The number of β-amino-alcohol motifs (C(OH)–C–C–N with tert-alkyl or cyclic N) is 1. The van der Waals surface area contributed by atoms with E-state index in [0.717, 1.165) is 6.08 Å². The summed E-state index contributed by atoms with van der Waals surface area (Å²) in [7, 11) is 0. The SMILES string of the molecule is Cc1cc(/C=C/C(F)(F)F)ccc1C(=O)Nc1ccc2c(c1)OCC(O)CN2. The van der Waals surface area contributed by atoms with Gasteiger partial charge in [-0.1, -0.05) is 18.2 Å². The number of amides is 1. The third-order valence-corrected chi connectivity index (χ3v) is 4.16. The number of rotatable bonds is 3. The van der Waals surface area contributed by atoms with Crippen LogP contribution in [0.2, 0.25) is 0 Å². The van der Waals surface area contributed by atoms with E-state index in [4.69, 9.17) is 4.74 Å². The highest BCUT2D eigenvalue weighted by molar-refractivity contribution is 6.05. The van der Waals surface area contributed by atoms with Gasteiger partial charge in [0.15, 0.2) is 0 Å². The van der Waals surface area contributed by atoms with Gasteiger partial charge in [0.25, 0.3) is 5.91 Å². The van der Waals surface area contributed by atoms with Crippen molar-refractivity contribution < 1.29 is 27.8 Å². The molecular weight excluding hydrogens is 373 g/mol. The number of aliphatic hydroxyl groups excluding tert-OH is 1. The van der Waals surface area contributed by atoms with Crippen LogP contribution in [-0.2, 0) is 0 Å². The third kappa shape index (κ3) is 5.04. The average Bonchev–Trinajstić information content (AvgIpc) is 2.81. The molecule has 5 nitrogen and oxygen atoms in total. The van der Waals surface area contributed by atoms with Crippen LogP contribution in [0, 0.1) is 6.92 Å². The van der Waals surface area contributed by atoms with Crippen LogP contribution in [0.4, 0.5) is 24.5 Å². The van der Waals surface area contributed by atoms with Gasteiger partial charge in [-0.2, -0.15) is 13.2 Å². The number of benzene rings is 2. The maximum absolute atomic E-state index is 12.5. The van der Waals surface area contributed by atoms with Gasteiger partial charge in [-0.05, 0) is 36.2 Å². The number of nitrogens with one attached hydrogen (secondary N) is 2. The van der Waals surface area contributed by atoms with E-state index in [0.29, 0.717) is 40.4 Å². The largest absolute Gasteiger partial charge is 0.489 e. The Bertz CT molecular complexity index is 910. The van der Waals surface area contributed by atoms with E-state index < -0.39 is 12.3 Å². The van der Waals surface area contributed by atoms with Crippen LogP contribution in [-0.4, -0.2) is 36.4 Å². The number of carbonyl (C=O) groups excluding carboxylic acids is 1. The zero-order chi connectivity index (χ0) is 20.3. The van der Waals surface area contributed by atoms with Crippen LogP contribution in [0.25, 0.3) is 6.08 Å². The molecule has 3 N–H and O–H groups in total. The average molecular weight is 392 g/mol. The minimum absolute atomic E-state index is 0.142. The predicted molar refractivity (Wildman–Crippen MR) is 101 cm³/mol. The molecule has 0 radical (unpaired) electrons. The maximum Gasteiger partial charge on any atom is 0.409 e. The lowest BCUT2D eigenvalue weighted by Gasteiger charge is -2.12. The molecule has 1 unspecified atom stereocenters. The van der Waals surface area contributed by atoms with Crippen LogP contribution in [0.5, 0.6) is 5.75 Å². The summed E-state index contributed by atoms with van der Waals surface area (Å²) in [6.45, 7) is 2.17. The monoisotopic (exact) mass is 392 g/mol. The first kappa shape index (κ1) is 19.8. The number of fused-ring (bicyclic) bond motifs is 1. The minimum Gasteiger partial charge on any atom is -0.489 e. The van der Waals surface area contributed by atoms with Crippen molar-refractivity contribution in [1.82, 2.24) is 0 Å².